The zero-order chi connectivity index (χ0) is 20.6. The molecule has 2 amide bonds. The van der Waals surface area contributed by atoms with Crippen molar-refractivity contribution in [3.05, 3.63) is 39.9 Å². The number of hydrogen-bond donors (Lipinski definition) is 3. The average Bonchev–Trinajstić information content (AvgIpc) is 3.18. The monoisotopic (exact) mass is 436 g/mol. The molecule has 3 N–H and O–H groups in total. The summed E-state index contributed by atoms with van der Waals surface area (Å²) >= 11 is 2.61. The highest BCUT2D eigenvalue weighted by Gasteiger charge is 2.16. The molecule has 0 aliphatic heterocycles. The van der Waals surface area contributed by atoms with Gasteiger partial charge >= 0.3 is 0 Å². The van der Waals surface area contributed by atoms with Crippen LogP contribution in [0.5, 0.6) is 0 Å². The Bertz CT molecular complexity index is 884. The molecule has 1 aliphatic carbocycles. The first-order valence-corrected chi connectivity index (χ1v) is 10.9. The molecule has 0 atom stereocenters. The van der Waals surface area contributed by atoms with Gasteiger partial charge in [0.2, 0.25) is 11.0 Å². The minimum atomic E-state index is -0.637. The lowest BCUT2D eigenvalue weighted by molar-refractivity contribution is -0.384. The molecule has 12 heteroatoms. The Morgan fingerprint density at radius 1 is 1.21 bits per heavy atom. The van der Waals surface area contributed by atoms with Crippen molar-refractivity contribution in [1.82, 2.24) is 21.0 Å². The molecule has 2 aromatic rings. The summed E-state index contributed by atoms with van der Waals surface area (Å²) in [5.41, 5.74) is 4.40. The maximum atomic E-state index is 12.0. The largest absolute Gasteiger partial charge is 0.357 e. The quantitative estimate of drug-likeness (QED) is 0.342. The highest BCUT2D eigenvalue weighted by molar-refractivity contribution is 8.01. The maximum Gasteiger partial charge on any atom is 0.270 e. The first-order valence-electron chi connectivity index (χ1n) is 9.08. The Morgan fingerprint density at radius 2 is 2.00 bits per heavy atom. The summed E-state index contributed by atoms with van der Waals surface area (Å²) in [6.45, 7) is 0. The number of carbonyl (C=O) groups excluding carboxylic acids is 2. The van der Waals surface area contributed by atoms with Crippen molar-refractivity contribution in [2.45, 2.75) is 42.5 Å². The molecule has 0 saturated heterocycles. The van der Waals surface area contributed by atoms with Gasteiger partial charge in [-0.05, 0) is 18.9 Å². The molecule has 29 heavy (non-hydrogen) atoms. The number of carbonyl (C=O) groups is 2. The van der Waals surface area contributed by atoms with Crippen molar-refractivity contribution in [2.75, 3.05) is 11.1 Å². The Balaban J connectivity index is 1.41. The number of amides is 2. The van der Waals surface area contributed by atoms with E-state index in [9.17, 15) is 19.7 Å². The van der Waals surface area contributed by atoms with E-state index in [4.69, 9.17) is 0 Å². The number of nitro groups is 1. The van der Waals surface area contributed by atoms with Crippen molar-refractivity contribution in [3.8, 4) is 0 Å². The Kier molecular flexibility index (Phi) is 7.36. The zero-order valence-corrected chi connectivity index (χ0v) is 17.1. The highest BCUT2D eigenvalue weighted by Crippen LogP contribution is 2.28. The lowest BCUT2D eigenvalue weighted by atomic mass is 9.96. The molecule has 0 bridgehead atoms. The van der Waals surface area contributed by atoms with E-state index in [2.05, 4.69) is 26.4 Å². The second-order valence-corrected chi connectivity index (χ2v) is 8.65. The minimum absolute atomic E-state index is 0.0489. The number of hydrazine groups is 1. The Morgan fingerprint density at radius 3 is 2.76 bits per heavy atom. The number of benzene rings is 1. The normalized spacial score (nSPS) is 14.2. The number of non-ortho nitro benzene ring substituents is 1. The van der Waals surface area contributed by atoms with Gasteiger partial charge in [-0.15, -0.1) is 10.2 Å². The van der Waals surface area contributed by atoms with E-state index in [-0.39, 0.29) is 17.0 Å². The van der Waals surface area contributed by atoms with Gasteiger partial charge in [0.1, 0.15) is 0 Å². The molecule has 1 heterocycles. The van der Waals surface area contributed by atoms with E-state index < -0.39 is 16.7 Å². The van der Waals surface area contributed by atoms with Crippen molar-refractivity contribution in [1.29, 1.82) is 0 Å². The molecule has 154 valence electrons. The topological polar surface area (TPSA) is 139 Å². The van der Waals surface area contributed by atoms with Gasteiger partial charge in [0, 0.05) is 23.7 Å². The molecule has 1 fully saturated rings. The molecule has 0 radical (unpaired) electrons. The summed E-state index contributed by atoms with van der Waals surface area (Å²) in [5, 5.41) is 23.1. The van der Waals surface area contributed by atoms with Crippen molar-refractivity contribution in [3.63, 3.8) is 0 Å². The van der Waals surface area contributed by atoms with Gasteiger partial charge in [-0.25, -0.2) is 0 Å². The van der Waals surface area contributed by atoms with E-state index in [0.29, 0.717) is 10.4 Å². The molecule has 0 unspecified atom stereocenters. The number of rotatable bonds is 7. The average molecular weight is 437 g/mol. The van der Waals surface area contributed by atoms with Gasteiger partial charge in [-0.3, -0.25) is 30.6 Å². The Hall–Kier alpha value is -2.73. The fourth-order valence-electron chi connectivity index (χ4n) is 2.87. The van der Waals surface area contributed by atoms with Crippen LogP contribution in [0.1, 0.15) is 42.5 Å². The number of anilines is 1. The number of aromatic nitrogens is 2. The molecule has 1 aromatic heterocycles. The van der Waals surface area contributed by atoms with Crippen molar-refractivity contribution in [2.24, 2.45) is 0 Å². The molecule has 3 rings (SSSR count). The fourth-order valence-corrected chi connectivity index (χ4v) is 4.50. The van der Waals surface area contributed by atoms with Crippen LogP contribution >= 0.6 is 23.1 Å². The third kappa shape index (κ3) is 6.39. The molecule has 0 spiro atoms. The van der Waals surface area contributed by atoms with E-state index in [1.54, 1.807) is 0 Å². The number of nitrogens with zero attached hydrogens (tertiary/aromatic N) is 3. The lowest BCUT2D eigenvalue weighted by Gasteiger charge is -2.21. The second kappa shape index (κ2) is 10.2. The van der Waals surface area contributed by atoms with Gasteiger partial charge in [0.25, 0.3) is 11.6 Å². The van der Waals surface area contributed by atoms with Crippen LogP contribution < -0.4 is 16.2 Å². The van der Waals surface area contributed by atoms with E-state index in [1.165, 1.54) is 60.6 Å². The van der Waals surface area contributed by atoms with Crippen molar-refractivity contribution >= 4 is 45.7 Å². The summed E-state index contributed by atoms with van der Waals surface area (Å²) in [6, 6.07) is 5.68. The van der Waals surface area contributed by atoms with Gasteiger partial charge in [-0.1, -0.05) is 48.4 Å². The molecular weight excluding hydrogens is 416 g/mol. The summed E-state index contributed by atoms with van der Waals surface area (Å²) in [4.78, 5) is 34.1. The van der Waals surface area contributed by atoms with Crippen LogP contribution in [0.15, 0.2) is 28.6 Å². The standard InChI is InChI=1S/C17H20N6O4S2/c24-14(19-20-15(25)11-5-4-8-13(9-11)23(26)27)10-28-17-22-21-16(29-17)18-12-6-2-1-3-7-12/h4-5,8-9,12H,1-3,6-7,10H2,(H,18,21)(H,19,24)(H,20,25). The third-order valence-electron chi connectivity index (χ3n) is 4.30. The van der Waals surface area contributed by atoms with Gasteiger partial charge < -0.3 is 5.32 Å². The van der Waals surface area contributed by atoms with Gasteiger partial charge in [0.05, 0.1) is 10.7 Å². The summed E-state index contributed by atoms with van der Waals surface area (Å²) in [6.07, 6.45) is 5.99. The number of nitro benzene ring substituents is 1. The highest BCUT2D eigenvalue weighted by atomic mass is 32.2. The second-order valence-electron chi connectivity index (χ2n) is 6.45. The zero-order valence-electron chi connectivity index (χ0n) is 15.4. The number of nitrogens with one attached hydrogen (secondary N) is 3. The van der Waals surface area contributed by atoms with Gasteiger partial charge in [-0.2, -0.15) is 0 Å². The Labute approximate surface area is 175 Å². The van der Waals surface area contributed by atoms with Crippen LogP contribution in [0, 0.1) is 10.1 Å². The summed E-state index contributed by atoms with van der Waals surface area (Å²) in [5.74, 6) is -1.01. The van der Waals surface area contributed by atoms with Crippen LogP contribution in [0.25, 0.3) is 0 Å². The molecular formula is C17H20N6O4S2. The molecule has 1 aromatic carbocycles. The van der Waals surface area contributed by atoms with E-state index in [0.717, 1.165) is 24.0 Å². The fraction of sp³-hybridized carbons (Fsp3) is 0.412. The summed E-state index contributed by atoms with van der Waals surface area (Å²) < 4.78 is 0.656. The van der Waals surface area contributed by atoms with Crippen LogP contribution in [-0.4, -0.2) is 38.7 Å². The van der Waals surface area contributed by atoms with Crippen LogP contribution in [-0.2, 0) is 4.79 Å². The number of hydrogen-bond acceptors (Lipinski definition) is 9. The van der Waals surface area contributed by atoms with Crippen LogP contribution in [0.3, 0.4) is 0 Å². The van der Waals surface area contributed by atoms with Crippen LogP contribution in [0.2, 0.25) is 0 Å². The van der Waals surface area contributed by atoms with E-state index >= 15 is 0 Å². The number of thioether (sulfide) groups is 1. The molecule has 1 saturated carbocycles. The smallest absolute Gasteiger partial charge is 0.270 e. The molecule has 10 nitrogen and oxygen atoms in total. The lowest BCUT2D eigenvalue weighted by Crippen LogP contribution is -2.42. The van der Waals surface area contributed by atoms with E-state index in [1.807, 2.05) is 0 Å². The van der Waals surface area contributed by atoms with Gasteiger partial charge in [0.15, 0.2) is 4.34 Å². The first kappa shape index (κ1) is 21.0. The summed E-state index contributed by atoms with van der Waals surface area (Å²) in [7, 11) is 0. The maximum absolute atomic E-state index is 12.0. The SMILES string of the molecule is O=C(CSc1nnc(NC2CCCCC2)s1)NNC(=O)c1cccc([N+](=O)[O-])c1. The van der Waals surface area contributed by atoms with Crippen molar-refractivity contribution < 1.29 is 14.5 Å². The third-order valence-corrected chi connectivity index (χ3v) is 6.29. The molecule has 1 aliphatic rings. The minimum Gasteiger partial charge on any atom is -0.357 e. The predicted molar refractivity (Wildman–Crippen MR) is 110 cm³/mol. The first-order chi connectivity index (χ1) is 14.0. The predicted octanol–water partition coefficient (Wildman–Crippen LogP) is 2.74. The van der Waals surface area contributed by atoms with Crippen LogP contribution in [0.4, 0.5) is 10.8 Å².